The van der Waals surface area contributed by atoms with E-state index in [9.17, 15) is 18.0 Å². The first kappa shape index (κ1) is 18.9. The largest absolute Gasteiger partial charge is 0.468 e. The van der Waals surface area contributed by atoms with Gasteiger partial charge in [-0.15, -0.1) is 0 Å². The molecule has 1 N–H and O–H groups in total. The highest BCUT2D eigenvalue weighted by atomic mass is 32.1. The molecule has 17 heavy (non-hydrogen) atoms. The zero-order valence-corrected chi connectivity index (χ0v) is 10.4. The zero-order valence-electron chi connectivity index (χ0n) is 9.50. The molecule has 0 aliphatic carbocycles. The molecule has 0 unspecified atom stereocenters. The van der Waals surface area contributed by atoms with Gasteiger partial charge in [0, 0.05) is 13.2 Å². The Balaban J connectivity index is 0. The summed E-state index contributed by atoms with van der Waals surface area (Å²) in [5.41, 5.74) is 0. The molecule has 0 spiro atoms. The van der Waals surface area contributed by atoms with Crippen LogP contribution < -0.4 is 0 Å². The Morgan fingerprint density at radius 1 is 1.41 bits per heavy atom. The van der Waals surface area contributed by atoms with Gasteiger partial charge in [-0.3, -0.25) is 4.79 Å². The van der Waals surface area contributed by atoms with Crippen LogP contribution in [0.3, 0.4) is 0 Å². The van der Waals surface area contributed by atoms with Gasteiger partial charge >= 0.3 is 12.1 Å². The van der Waals surface area contributed by atoms with Gasteiger partial charge in [0.25, 0.3) is 0 Å². The fraction of sp³-hybridized carbons (Fsp3) is 0.889. The number of rotatable bonds is 1. The second kappa shape index (κ2) is 12.0. The van der Waals surface area contributed by atoms with Gasteiger partial charge < -0.3 is 14.6 Å². The van der Waals surface area contributed by atoms with Gasteiger partial charge in [-0.25, -0.2) is 0 Å². The van der Waals surface area contributed by atoms with Crippen LogP contribution in [0.4, 0.5) is 13.2 Å². The number of aliphatic hydroxyl groups excluding tert-OH is 1. The molecule has 0 bridgehead atoms. The van der Waals surface area contributed by atoms with Crippen molar-refractivity contribution in [3.63, 3.8) is 0 Å². The summed E-state index contributed by atoms with van der Waals surface area (Å²) in [6.07, 6.45) is -1.85. The number of carbonyl (C=O) groups excluding carboxylic acids is 1. The monoisotopic (exact) mass is 278 g/mol. The lowest BCUT2D eigenvalue weighted by atomic mass is 10.4. The molecule has 1 saturated heterocycles. The number of esters is 1. The number of halogens is 3. The highest BCUT2D eigenvalue weighted by molar-refractivity contribution is 7.81. The number of methoxy groups -OCH3 is 1. The first-order chi connectivity index (χ1) is 7.87. The van der Waals surface area contributed by atoms with Crippen molar-refractivity contribution in [2.45, 2.75) is 19.0 Å². The Morgan fingerprint density at radius 3 is 1.88 bits per heavy atom. The number of aliphatic hydroxyl groups is 1. The van der Waals surface area contributed by atoms with Crippen molar-refractivity contribution in [3.05, 3.63) is 0 Å². The Hall–Kier alpha value is -0.470. The van der Waals surface area contributed by atoms with E-state index in [0.717, 1.165) is 13.2 Å². The molecule has 0 aromatic rings. The molecule has 1 heterocycles. The predicted molar refractivity (Wildman–Crippen MR) is 59.1 cm³/mol. The van der Waals surface area contributed by atoms with Crippen LogP contribution in [0, 0.1) is 0 Å². The Labute approximate surface area is 103 Å². The van der Waals surface area contributed by atoms with Crippen LogP contribution >= 0.6 is 12.6 Å². The van der Waals surface area contributed by atoms with Gasteiger partial charge in [-0.05, 0) is 12.8 Å². The lowest BCUT2D eigenvalue weighted by Crippen LogP contribution is -2.12. The molecule has 1 aliphatic heterocycles. The zero-order chi connectivity index (χ0) is 13.7. The summed E-state index contributed by atoms with van der Waals surface area (Å²) < 4.78 is 40.7. The highest BCUT2D eigenvalue weighted by Gasteiger charge is 2.24. The SMILES string of the molecule is C1CCOC1.COC(=O)CS.OCC(F)(F)F. The third kappa shape index (κ3) is 21.4. The van der Waals surface area contributed by atoms with E-state index in [1.165, 1.54) is 20.0 Å². The third-order valence-corrected chi connectivity index (χ3v) is 1.62. The quantitative estimate of drug-likeness (QED) is 0.563. The van der Waals surface area contributed by atoms with Gasteiger partial charge in [-0.1, -0.05) is 0 Å². The van der Waals surface area contributed by atoms with Gasteiger partial charge in [0.15, 0.2) is 0 Å². The van der Waals surface area contributed by atoms with E-state index in [2.05, 4.69) is 17.4 Å². The molecule has 1 aliphatic rings. The topological polar surface area (TPSA) is 55.8 Å². The van der Waals surface area contributed by atoms with Crippen molar-refractivity contribution in [2.24, 2.45) is 0 Å². The number of hydrogen-bond donors (Lipinski definition) is 2. The molecule has 1 rings (SSSR count). The minimum atomic E-state index is -4.40. The molecule has 0 saturated carbocycles. The van der Waals surface area contributed by atoms with E-state index in [0.29, 0.717) is 0 Å². The molecule has 0 amide bonds. The second-order valence-corrected chi connectivity index (χ2v) is 3.14. The lowest BCUT2D eigenvalue weighted by molar-refractivity contribution is -0.159. The van der Waals surface area contributed by atoms with Gasteiger partial charge in [0.05, 0.1) is 12.9 Å². The van der Waals surface area contributed by atoms with E-state index in [1.807, 2.05) is 0 Å². The number of hydrogen-bond acceptors (Lipinski definition) is 5. The molecule has 0 aromatic heterocycles. The van der Waals surface area contributed by atoms with Crippen LogP contribution in [-0.2, 0) is 14.3 Å². The summed E-state index contributed by atoms with van der Waals surface area (Å²) in [6.45, 7) is 0.271. The second-order valence-electron chi connectivity index (χ2n) is 2.83. The molecule has 0 aromatic carbocycles. The Morgan fingerprint density at radius 2 is 1.82 bits per heavy atom. The maximum Gasteiger partial charge on any atom is 0.411 e. The Kier molecular flexibility index (Phi) is 13.3. The fourth-order valence-corrected chi connectivity index (χ4v) is 0.704. The Bertz CT molecular complexity index is 170. The first-order valence-corrected chi connectivity index (χ1v) is 5.43. The van der Waals surface area contributed by atoms with E-state index >= 15 is 0 Å². The molecule has 0 radical (unpaired) electrons. The minimum Gasteiger partial charge on any atom is -0.468 e. The third-order valence-electron chi connectivity index (χ3n) is 1.36. The van der Waals surface area contributed by atoms with Crippen LogP contribution in [0.1, 0.15) is 12.8 Å². The predicted octanol–water partition coefficient (Wildman–Crippen LogP) is 1.43. The minimum absolute atomic E-state index is 0.163. The van der Waals surface area contributed by atoms with Crippen LogP contribution in [0.5, 0.6) is 0 Å². The lowest BCUT2D eigenvalue weighted by Gasteiger charge is -1.95. The van der Waals surface area contributed by atoms with E-state index in [1.54, 1.807) is 0 Å². The van der Waals surface area contributed by atoms with Crippen LogP contribution in [0.25, 0.3) is 0 Å². The van der Waals surface area contributed by atoms with E-state index in [-0.39, 0.29) is 11.7 Å². The van der Waals surface area contributed by atoms with Crippen LogP contribution in [0.15, 0.2) is 0 Å². The first-order valence-electron chi connectivity index (χ1n) is 4.80. The van der Waals surface area contributed by atoms with Crippen LogP contribution in [0.2, 0.25) is 0 Å². The van der Waals surface area contributed by atoms with Crippen molar-refractivity contribution in [1.82, 2.24) is 0 Å². The molecule has 104 valence electrons. The highest BCUT2D eigenvalue weighted by Crippen LogP contribution is 2.11. The van der Waals surface area contributed by atoms with E-state index in [4.69, 9.17) is 9.84 Å². The fourth-order valence-electron chi connectivity index (χ4n) is 0.575. The van der Waals surface area contributed by atoms with Crippen molar-refractivity contribution in [2.75, 3.05) is 32.7 Å². The summed E-state index contributed by atoms with van der Waals surface area (Å²) >= 11 is 3.62. The maximum absolute atomic E-state index is 10.5. The molecule has 1 fully saturated rings. The summed E-state index contributed by atoms with van der Waals surface area (Å²) in [7, 11) is 1.33. The van der Waals surface area contributed by atoms with Gasteiger partial charge in [0.2, 0.25) is 0 Å². The maximum atomic E-state index is 10.5. The number of carbonyl (C=O) groups is 1. The summed E-state index contributed by atoms with van der Waals surface area (Å²) in [4.78, 5) is 9.88. The van der Waals surface area contributed by atoms with Crippen molar-refractivity contribution >= 4 is 18.6 Å². The number of thiol groups is 1. The van der Waals surface area contributed by atoms with Gasteiger partial charge in [0.1, 0.15) is 6.61 Å². The summed E-state index contributed by atoms with van der Waals surface area (Å²) in [6, 6.07) is 0. The standard InChI is InChI=1S/C4H8O.C3H6O2S.C2H3F3O/c1-2-4-5-3-1;1-5-3(4)2-6;3-2(4,5)1-6/h1-4H2;6H,2H2,1H3;6H,1H2. The molecule has 8 heteroatoms. The average molecular weight is 278 g/mol. The number of ether oxygens (including phenoxy) is 2. The molecule has 0 atom stereocenters. The van der Waals surface area contributed by atoms with Crippen molar-refractivity contribution in [1.29, 1.82) is 0 Å². The van der Waals surface area contributed by atoms with Gasteiger partial charge in [-0.2, -0.15) is 25.8 Å². The summed E-state index contributed by atoms with van der Waals surface area (Å²) in [5.74, 6) is -0.130. The van der Waals surface area contributed by atoms with E-state index < -0.39 is 12.8 Å². The molecule has 4 nitrogen and oxygen atoms in total. The smallest absolute Gasteiger partial charge is 0.411 e. The molecular weight excluding hydrogens is 261 g/mol. The van der Waals surface area contributed by atoms with Crippen molar-refractivity contribution in [3.8, 4) is 0 Å². The average Bonchev–Trinajstić information content (AvgIpc) is 2.86. The summed E-state index contributed by atoms with van der Waals surface area (Å²) in [5, 5.41) is 7.28. The van der Waals surface area contributed by atoms with Crippen LogP contribution in [-0.4, -0.2) is 49.9 Å². The molecular formula is C9H17F3O4S. The van der Waals surface area contributed by atoms with Crippen molar-refractivity contribution < 1.29 is 32.5 Å². The normalized spacial score (nSPS) is 14.0. The number of alkyl halides is 3.